The molecule has 1 aromatic carbocycles. The van der Waals surface area contributed by atoms with Gasteiger partial charge in [-0.05, 0) is 46.1 Å². The Hall–Kier alpha value is -0.510. The fraction of sp³-hybridized carbons (Fsp3) is 0.625. The van der Waals surface area contributed by atoms with Crippen molar-refractivity contribution in [1.82, 2.24) is 4.90 Å². The molecule has 0 aliphatic carbocycles. The zero-order valence-electron chi connectivity index (χ0n) is 12.8. The third-order valence-corrected chi connectivity index (χ3v) is 4.36. The van der Waals surface area contributed by atoms with Crippen molar-refractivity contribution in [2.45, 2.75) is 39.3 Å². The van der Waals surface area contributed by atoms with Crippen LogP contribution in [0.3, 0.4) is 0 Å². The largest absolute Gasteiger partial charge is 0.388 e. The van der Waals surface area contributed by atoms with Crippen LogP contribution >= 0.6 is 11.8 Å². The van der Waals surface area contributed by atoms with Gasteiger partial charge in [0.05, 0.1) is 6.10 Å². The van der Waals surface area contributed by atoms with Crippen molar-refractivity contribution in [3.63, 3.8) is 0 Å². The molecule has 1 N–H and O–H groups in total. The van der Waals surface area contributed by atoms with E-state index in [0.29, 0.717) is 6.04 Å². The number of hydrogen-bond donors (Lipinski definition) is 1. The Bertz CT molecular complexity index is 374. The molecule has 0 aliphatic heterocycles. The van der Waals surface area contributed by atoms with Gasteiger partial charge in [-0.25, -0.2) is 0 Å². The summed E-state index contributed by atoms with van der Waals surface area (Å²) >= 11 is 1.87. The summed E-state index contributed by atoms with van der Waals surface area (Å²) in [4.78, 5) is 2.32. The van der Waals surface area contributed by atoms with Crippen LogP contribution in [0, 0.1) is 13.8 Å². The summed E-state index contributed by atoms with van der Waals surface area (Å²) in [5.74, 6) is 1.14. The van der Waals surface area contributed by atoms with E-state index >= 15 is 0 Å². The summed E-state index contributed by atoms with van der Waals surface area (Å²) in [6.07, 6.45) is 2.56. The van der Waals surface area contributed by atoms with Gasteiger partial charge in [-0.15, -0.1) is 0 Å². The van der Waals surface area contributed by atoms with Crippen molar-refractivity contribution in [2.24, 2.45) is 0 Å². The van der Waals surface area contributed by atoms with Gasteiger partial charge >= 0.3 is 0 Å². The molecule has 0 radical (unpaired) electrons. The number of aliphatic hydroxyl groups excluding tert-OH is 1. The summed E-state index contributed by atoms with van der Waals surface area (Å²) < 4.78 is 0. The number of thioether (sulfide) groups is 1. The molecule has 2 nitrogen and oxygen atoms in total. The lowest BCUT2D eigenvalue weighted by molar-refractivity contribution is 0.142. The van der Waals surface area contributed by atoms with Gasteiger partial charge in [-0.1, -0.05) is 29.3 Å². The molecule has 1 rings (SSSR count). The first-order valence-electron chi connectivity index (χ1n) is 6.89. The fourth-order valence-corrected chi connectivity index (χ4v) is 3.02. The Kier molecular flexibility index (Phi) is 6.90. The normalized spacial score (nSPS) is 14.7. The quantitative estimate of drug-likeness (QED) is 0.828. The van der Waals surface area contributed by atoms with E-state index in [4.69, 9.17) is 0 Å². The predicted molar refractivity (Wildman–Crippen MR) is 86.0 cm³/mol. The maximum atomic E-state index is 10.3. The van der Waals surface area contributed by atoms with Gasteiger partial charge in [0.25, 0.3) is 0 Å². The maximum absolute atomic E-state index is 10.3. The van der Waals surface area contributed by atoms with E-state index in [-0.39, 0.29) is 6.10 Å². The molecule has 0 aliphatic rings. The minimum absolute atomic E-state index is 0.359. The Balaban J connectivity index is 2.53. The zero-order chi connectivity index (χ0) is 14.4. The Morgan fingerprint density at radius 2 is 1.79 bits per heavy atom. The molecular formula is C16H27NOS. The summed E-state index contributed by atoms with van der Waals surface area (Å²) in [5.41, 5.74) is 3.49. The molecule has 1 aromatic rings. The Labute approximate surface area is 122 Å². The molecule has 0 bridgehead atoms. The third-order valence-electron chi connectivity index (χ3n) is 3.54. The summed E-state index contributed by atoms with van der Waals surface area (Å²) in [7, 11) is 2.13. The van der Waals surface area contributed by atoms with Crippen LogP contribution in [0.25, 0.3) is 0 Å². The van der Waals surface area contributed by atoms with Gasteiger partial charge in [0.2, 0.25) is 0 Å². The van der Waals surface area contributed by atoms with Crippen LogP contribution in [0.2, 0.25) is 0 Å². The highest BCUT2D eigenvalue weighted by Crippen LogP contribution is 2.20. The summed E-state index contributed by atoms with van der Waals surface area (Å²) in [6, 6.07) is 6.87. The fourth-order valence-electron chi connectivity index (χ4n) is 2.28. The number of aryl methyl sites for hydroxylation is 2. The van der Waals surface area contributed by atoms with Crippen molar-refractivity contribution in [2.75, 3.05) is 25.6 Å². The van der Waals surface area contributed by atoms with Gasteiger partial charge in [-0.2, -0.15) is 11.8 Å². The van der Waals surface area contributed by atoms with Gasteiger partial charge in [0, 0.05) is 18.3 Å². The van der Waals surface area contributed by atoms with Gasteiger partial charge in [-0.3, -0.25) is 0 Å². The van der Waals surface area contributed by atoms with Crippen molar-refractivity contribution in [3.05, 3.63) is 34.9 Å². The maximum Gasteiger partial charge on any atom is 0.0802 e. The predicted octanol–water partition coefficient (Wildman–Crippen LogP) is 3.41. The standard InChI is InChI=1S/C16H27NOS/c1-12-8-13(2)10-15(9-12)16(18)6-7-17(4)14(3)11-19-5/h8-10,14,16,18H,6-7,11H2,1-5H3. The zero-order valence-corrected chi connectivity index (χ0v) is 13.6. The molecule has 2 atom stereocenters. The average molecular weight is 281 g/mol. The molecule has 19 heavy (non-hydrogen) atoms. The minimum atomic E-state index is -0.359. The van der Waals surface area contributed by atoms with Crippen LogP contribution in [0.1, 0.15) is 36.1 Å². The second kappa shape index (κ2) is 7.93. The van der Waals surface area contributed by atoms with E-state index in [1.807, 2.05) is 11.8 Å². The van der Waals surface area contributed by atoms with E-state index in [0.717, 1.165) is 24.3 Å². The molecular weight excluding hydrogens is 254 g/mol. The lowest BCUT2D eigenvalue weighted by atomic mass is 10.0. The highest BCUT2D eigenvalue weighted by atomic mass is 32.2. The molecule has 0 heterocycles. The second-order valence-corrected chi connectivity index (χ2v) is 6.42. The number of benzene rings is 1. The van der Waals surface area contributed by atoms with E-state index < -0.39 is 0 Å². The van der Waals surface area contributed by atoms with Crippen LogP contribution in [-0.4, -0.2) is 41.6 Å². The molecule has 0 spiro atoms. The van der Waals surface area contributed by atoms with Crippen LogP contribution in [0.5, 0.6) is 0 Å². The first-order chi connectivity index (χ1) is 8.93. The number of nitrogens with zero attached hydrogens (tertiary/aromatic N) is 1. The van der Waals surface area contributed by atoms with Crippen LogP contribution < -0.4 is 0 Å². The molecule has 3 heteroatoms. The number of rotatable bonds is 7. The lowest BCUT2D eigenvalue weighted by Crippen LogP contribution is -2.32. The first-order valence-corrected chi connectivity index (χ1v) is 8.29. The lowest BCUT2D eigenvalue weighted by Gasteiger charge is -2.25. The van der Waals surface area contributed by atoms with E-state index in [1.54, 1.807) is 0 Å². The second-order valence-electron chi connectivity index (χ2n) is 5.51. The van der Waals surface area contributed by atoms with E-state index in [9.17, 15) is 5.11 Å². The first kappa shape index (κ1) is 16.5. The minimum Gasteiger partial charge on any atom is -0.388 e. The molecule has 108 valence electrons. The topological polar surface area (TPSA) is 23.5 Å². The summed E-state index contributed by atoms with van der Waals surface area (Å²) in [6.45, 7) is 7.32. The molecule has 2 unspecified atom stereocenters. The average Bonchev–Trinajstić information content (AvgIpc) is 2.34. The van der Waals surface area contributed by atoms with Crippen LogP contribution in [0.15, 0.2) is 18.2 Å². The third kappa shape index (κ3) is 5.55. The van der Waals surface area contributed by atoms with E-state index in [2.05, 4.69) is 57.2 Å². The van der Waals surface area contributed by atoms with E-state index in [1.165, 1.54) is 11.1 Å². The molecule has 0 aromatic heterocycles. The molecule has 0 amide bonds. The smallest absolute Gasteiger partial charge is 0.0802 e. The van der Waals surface area contributed by atoms with Crippen LogP contribution in [0.4, 0.5) is 0 Å². The molecule has 0 fully saturated rings. The van der Waals surface area contributed by atoms with Gasteiger partial charge < -0.3 is 10.0 Å². The summed E-state index contributed by atoms with van der Waals surface area (Å²) in [5, 5.41) is 10.3. The van der Waals surface area contributed by atoms with Crippen molar-refractivity contribution in [3.8, 4) is 0 Å². The van der Waals surface area contributed by atoms with Gasteiger partial charge in [0.1, 0.15) is 0 Å². The monoisotopic (exact) mass is 281 g/mol. The Morgan fingerprint density at radius 3 is 2.32 bits per heavy atom. The van der Waals surface area contributed by atoms with Gasteiger partial charge in [0.15, 0.2) is 0 Å². The number of hydrogen-bond acceptors (Lipinski definition) is 3. The van der Waals surface area contributed by atoms with Crippen molar-refractivity contribution in [1.29, 1.82) is 0 Å². The number of aliphatic hydroxyl groups is 1. The Morgan fingerprint density at radius 1 is 1.21 bits per heavy atom. The highest BCUT2D eigenvalue weighted by Gasteiger charge is 2.13. The van der Waals surface area contributed by atoms with Crippen molar-refractivity contribution < 1.29 is 5.11 Å². The molecule has 0 saturated heterocycles. The SMILES string of the molecule is CSCC(C)N(C)CCC(O)c1cc(C)cc(C)c1. The molecule has 0 saturated carbocycles. The highest BCUT2D eigenvalue weighted by molar-refractivity contribution is 7.98. The van der Waals surface area contributed by atoms with Crippen molar-refractivity contribution >= 4 is 11.8 Å². The van der Waals surface area contributed by atoms with Crippen LogP contribution in [-0.2, 0) is 0 Å².